The Balaban J connectivity index is 2.48. The lowest BCUT2D eigenvalue weighted by molar-refractivity contribution is -0.148. The van der Waals surface area contributed by atoms with Crippen LogP contribution >= 0.6 is 7.82 Å². The molecule has 1 fully saturated rings. The number of ether oxygens (including phenoxy) is 1. The second-order valence-electron chi connectivity index (χ2n) is 2.70. The fourth-order valence-electron chi connectivity index (χ4n) is 0.935. The molecule has 4 N–H and O–H groups in total. The molecule has 0 aromatic carbocycles. The topological polar surface area (TPSA) is 134 Å². The molecule has 0 bridgehead atoms. The highest BCUT2D eigenvalue weighted by atomic mass is 31.2. The predicted molar refractivity (Wildman–Crippen MR) is 39.9 cm³/mol. The minimum atomic E-state index is -4.67. The van der Waals surface area contributed by atoms with Crippen molar-refractivity contribution in [1.29, 1.82) is 0 Å². The molecule has 8 nitrogen and oxygen atoms in total. The number of carbonyl (C=O) groups excluding carboxylic acids is 1. The van der Waals surface area contributed by atoms with Crippen molar-refractivity contribution >= 4 is 13.8 Å². The number of hydrogen-bond acceptors (Lipinski definition) is 6. The molecule has 0 aliphatic carbocycles. The molecule has 0 unspecified atom stereocenters. The van der Waals surface area contributed by atoms with E-state index in [9.17, 15) is 9.36 Å². The van der Waals surface area contributed by atoms with Gasteiger partial charge in [0, 0.05) is 0 Å². The third-order valence-corrected chi connectivity index (χ3v) is 2.11. The summed E-state index contributed by atoms with van der Waals surface area (Å²) in [5.41, 5.74) is 0. The summed E-state index contributed by atoms with van der Waals surface area (Å²) in [6.45, 7) is -0.672. The molecule has 0 saturated carbocycles. The maximum absolute atomic E-state index is 10.6. The van der Waals surface area contributed by atoms with Crippen LogP contribution in [0.4, 0.5) is 0 Å². The molecular weight excluding hydrogens is 219 g/mol. The number of hydrogen-bond donors (Lipinski definition) is 4. The summed E-state index contributed by atoms with van der Waals surface area (Å²) < 4.78 is 18.6. The van der Waals surface area contributed by atoms with Crippen LogP contribution in [-0.4, -0.2) is 50.9 Å². The smallest absolute Gasteiger partial charge is 0.455 e. The van der Waals surface area contributed by atoms with Gasteiger partial charge in [-0.1, -0.05) is 0 Å². The summed E-state index contributed by atoms with van der Waals surface area (Å²) in [6, 6.07) is 0. The monoisotopic (exact) mass is 228 g/mol. The van der Waals surface area contributed by atoms with Crippen molar-refractivity contribution in [3.63, 3.8) is 0 Å². The van der Waals surface area contributed by atoms with Gasteiger partial charge in [0.25, 0.3) is 0 Å². The number of phosphoric ester groups is 1. The Kier molecular flexibility index (Phi) is 3.25. The molecule has 3 atom stereocenters. The quantitative estimate of drug-likeness (QED) is 0.314. The maximum Gasteiger partial charge on any atom is 0.469 e. The van der Waals surface area contributed by atoms with E-state index in [4.69, 9.17) is 20.0 Å². The molecule has 9 heteroatoms. The number of phosphoric acid groups is 1. The van der Waals surface area contributed by atoms with E-state index < -0.39 is 38.7 Å². The lowest BCUT2D eigenvalue weighted by Crippen LogP contribution is -2.33. The molecule has 1 aliphatic rings. The number of esters is 1. The fraction of sp³-hybridized carbons (Fsp3) is 0.800. The van der Waals surface area contributed by atoms with Crippen LogP contribution in [0.5, 0.6) is 0 Å². The number of aliphatic hydroxyl groups excluding tert-OH is 2. The van der Waals surface area contributed by atoms with Crippen LogP contribution in [0.1, 0.15) is 0 Å². The Bertz CT molecular complexity index is 271. The molecule has 0 aromatic rings. The average Bonchev–Trinajstić information content (AvgIpc) is 2.28. The molecule has 1 saturated heterocycles. The highest BCUT2D eigenvalue weighted by molar-refractivity contribution is 7.46. The third-order valence-electron chi connectivity index (χ3n) is 1.62. The zero-order valence-electron chi connectivity index (χ0n) is 6.81. The molecule has 0 radical (unpaired) electrons. The summed E-state index contributed by atoms with van der Waals surface area (Å²) in [4.78, 5) is 27.2. The van der Waals surface area contributed by atoms with Gasteiger partial charge >= 0.3 is 13.8 Å². The second kappa shape index (κ2) is 3.93. The predicted octanol–water partition coefficient (Wildman–Crippen LogP) is -2.26. The van der Waals surface area contributed by atoms with Crippen molar-refractivity contribution in [1.82, 2.24) is 0 Å². The van der Waals surface area contributed by atoms with Gasteiger partial charge in [0.15, 0.2) is 12.2 Å². The minimum Gasteiger partial charge on any atom is -0.455 e. The highest BCUT2D eigenvalue weighted by Crippen LogP contribution is 2.36. The number of cyclic esters (lactones) is 1. The van der Waals surface area contributed by atoms with Crippen LogP contribution in [0.3, 0.4) is 0 Å². The number of rotatable bonds is 3. The number of carbonyl (C=O) groups is 1. The van der Waals surface area contributed by atoms with E-state index >= 15 is 0 Å². The van der Waals surface area contributed by atoms with Crippen molar-refractivity contribution in [3.8, 4) is 0 Å². The lowest BCUT2D eigenvalue weighted by Gasteiger charge is -2.13. The zero-order valence-corrected chi connectivity index (χ0v) is 7.70. The summed E-state index contributed by atoms with van der Waals surface area (Å²) in [5.74, 6) is -1.04. The summed E-state index contributed by atoms with van der Waals surface area (Å²) >= 11 is 0. The molecule has 1 aliphatic heterocycles. The van der Waals surface area contributed by atoms with Gasteiger partial charge in [-0.3, -0.25) is 4.52 Å². The van der Waals surface area contributed by atoms with Gasteiger partial charge in [0.2, 0.25) is 0 Å². The van der Waals surface area contributed by atoms with Crippen LogP contribution in [-0.2, 0) is 18.6 Å². The van der Waals surface area contributed by atoms with Crippen LogP contribution in [0.15, 0.2) is 0 Å². The molecule has 82 valence electrons. The van der Waals surface area contributed by atoms with E-state index in [0.29, 0.717) is 0 Å². The van der Waals surface area contributed by atoms with E-state index in [1.54, 1.807) is 0 Å². The van der Waals surface area contributed by atoms with Crippen molar-refractivity contribution in [2.24, 2.45) is 0 Å². The highest BCUT2D eigenvalue weighted by Gasteiger charge is 2.43. The van der Waals surface area contributed by atoms with Gasteiger partial charge in [0.1, 0.15) is 6.10 Å². The largest absolute Gasteiger partial charge is 0.469 e. The van der Waals surface area contributed by atoms with Crippen molar-refractivity contribution < 1.29 is 38.6 Å². The summed E-state index contributed by atoms with van der Waals surface area (Å²) in [5, 5.41) is 18.0. The standard InChI is InChI=1S/C5H9O8P/c6-3-2(1-12-14(9,10)11)13-5(8)4(3)7/h2-4,6-7H,1H2,(H2,9,10,11)/t2-,3-,4+/m1/s1. The molecule has 1 heterocycles. The Morgan fingerprint density at radius 3 is 2.36 bits per heavy atom. The third kappa shape index (κ3) is 2.74. The van der Waals surface area contributed by atoms with E-state index in [1.807, 2.05) is 0 Å². The summed E-state index contributed by atoms with van der Waals surface area (Å²) in [6.07, 6.45) is -4.49. The molecule has 0 amide bonds. The lowest BCUT2D eigenvalue weighted by atomic mass is 10.1. The normalized spacial score (nSPS) is 33.1. The second-order valence-corrected chi connectivity index (χ2v) is 3.94. The van der Waals surface area contributed by atoms with Gasteiger partial charge < -0.3 is 24.7 Å². The molecule has 1 rings (SSSR count). The van der Waals surface area contributed by atoms with E-state index in [1.165, 1.54) is 0 Å². The van der Waals surface area contributed by atoms with Crippen LogP contribution in [0.2, 0.25) is 0 Å². The Hall–Kier alpha value is -0.500. The first kappa shape index (κ1) is 11.6. The fourth-order valence-corrected chi connectivity index (χ4v) is 1.28. The van der Waals surface area contributed by atoms with Crippen molar-refractivity contribution in [2.45, 2.75) is 18.3 Å². The van der Waals surface area contributed by atoms with Crippen molar-refractivity contribution in [3.05, 3.63) is 0 Å². The van der Waals surface area contributed by atoms with Crippen LogP contribution in [0, 0.1) is 0 Å². The molecule has 14 heavy (non-hydrogen) atoms. The summed E-state index contributed by atoms with van der Waals surface area (Å²) in [7, 11) is -4.67. The molecule has 0 spiro atoms. The zero-order chi connectivity index (χ0) is 10.9. The Morgan fingerprint density at radius 1 is 1.43 bits per heavy atom. The van der Waals surface area contributed by atoms with Gasteiger partial charge in [0.05, 0.1) is 6.61 Å². The first-order chi connectivity index (χ1) is 6.31. The Labute approximate surface area is 78.3 Å². The van der Waals surface area contributed by atoms with Gasteiger partial charge in [-0.15, -0.1) is 0 Å². The minimum absolute atomic E-state index is 0.672. The van der Waals surface area contributed by atoms with E-state index in [0.717, 1.165) is 0 Å². The van der Waals surface area contributed by atoms with Crippen molar-refractivity contribution in [2.75, 3.05) is 6.61 Å². The first-order valence-electron chi connectivity index (χ1n) is 3.58. The van der Waals surface area contributed by atoms with Gasteiger partial charge in [-0.2, -0.15) is 0 Å². The molecular formula is C5H9O8P. The van der Waals surface area contributed by atoms with Gasteiger partial charge in [-0.25, -0.2) is 9.36 Å². The van der Waals surface area contributed by atoms with Crippen LogP contribution < -0.4 is 0 Å². The van der Waals surface area contributed by atoms with Crippen LogP contribution in [0.25, 0.3) is 0 Å². The molecule has 0 aromatic heterocycles. The van der Waals surface area contributed by atoms with E-state index in [-0.39, 0.29) is 0 Å². The first-order valence-corrected chi connectivity index (χ1v) is 5.11. The maximum atomic E-state index is 10.6. The van der Waals surface area contributed by atoms with Gasteiger partial charge in [-0.05, 0) is 0 Å². The van der Waals surface area contributed by atoms with E-state index in [2.05, 4.69) is 9.26 Å². The SMILES string of the molecule is O=C1O[C@H](COP(=O)(O)O)[C@@H](O)[C@@H]1O. The average molecular weight is 228 g/mol. The Morgan fingerprint density at radius 2 is 2.00 bits per heavy atom. The number of aliphatic hydroxyl groups is 2.